The van der Waals surface area contributed by atoms with Gasteiger partial charge >= 0.3 is 0 Å². The monoisotopic (exact) mass is 382 g/mol. The van der Waals surface area contributed by atoms with Crippen molar-refractivity contribution < 1.29 is 9.00 Å². The fourth-order valence-corrected chi connectivity index (χ4v) is 3.51. The summed E-state index contributed by atoms with van der Waals surface area (Å²) in [6.07, 6.45) is 4.92. The predicted octanol–water partition coefficient (Wildman–Crippen LogP) is 2.14. The highest BCUT2D eigenvalue weighted by atomic mass is 79.9. The fraction of sp³-hybridized carbons (Fsp3) is 0.286. The number of carbonyl (C=O) groups is 1. The lowest BCUT2D eigenvalue weighted by molar-refractivity contribution is 0.0661. The third kappa shape index (κ3) is 2.93. The second-order valence-corrected chi connectivity index (χ2v) is 8.78. The van der Waals surface area contributed by atoms with Crippen LogP contribution in [0.2, 0.25) is 0 Å². The number of hydrogen-bond acceptors (Lipinski definition) is 4. The molecule has 1 aromatic heterocycles. The van der Waals surface area contributed by atoms with E-state index in [1.807, 2.05) is 18.3 Å². The standard InChI is InChI=1S/C14H15BrN4O2S/c1-22(16,21)13-8-18(9-13)14(20)10-3-2-4-12(5-10)19-7-11(15)6-17-19/h2-7,13,16H,8-9H2,1H3. The fourth-order valence-electron chi connectivity index (χ4n) is 2.29. The van der Waals surface area contributed by atoms with Gasteiger partial charge in [0.1, 0.15) is 0 Å². The Labute approximate surface area is 137 Å². The molecule has 0 radical (unpaired) electrons. The molecule has 1 aliphatic heterocycles. The van der Waals surface area contributed by atoms with E-state index in [1.165, 1.54) is 6.26 Å². The van der Waals surface area contributed by atoms with Crippen LogP contribution in [0.5, 0.6) is 0 Å². The molecule has 6 nitrogen and oxygen atoms in total. The van der Waals surface area contributed by atoms with Crippen molar-refractivity contribution in [3.05, 3.63) is 46.7 Å². The van der Waals surface area contributed by atoms with Crippen molar-refractivity contribution in [2.24, 2.45) is 0 Å². The molecule has 2 aromatic rings. The molecule has 0 saturated carbocycles. The van der Waals surface area contributed by atoms with Gasteiger partial charge < -0.3 is 4.90 Å². The summed E-state index contributed by atoms with van der Waals surface area (Å²) in [7, 11) is -2.58. The summed E-state index contributed by atoms with van der Waals surface area (Å²) in [5.41, 5.74) is 1.36. The minimum Gasteiger partial charge on any atom is -0.336 e. The van der Waals surface area contributed by atoms with Crippen LogP contribution in [0.15, 0.2) is 41.1 Å². The molecule has 0 aliphatic carbocycles. The zero-order valence-electron chi connectivity index (χ0n) is 11.9. The van der Waals surface area contributed by atoms with Gasteiger partial charge in [0.05, 0.1) is 21.6 Å². The molecule has 1 amide bonds. The van der Waals surface area contributed by atoms with Crippen molar-refractivity contribution in [3.8, 4) is 5.69 Å². The van der Waals surface area contributed by atoms with Gasteiger partial charge in [0.15, 0.2) is 0 Å². The van der Waals surface area contributed by atoms with Gasteiger partial charge in [-0.1, -0.05) is 6.07 Å². The van der Waals surface area contributed by atoms with Crippen LogP contribution in [0.25, 0.3) is 5.69 Å². The van der Waals surface area contributed by atoms with Gasteiger partial charge in [-0.25, -0.2) is 8.89 Å². The number of aromatic nitrogens is 2. The first-order chi connectivity index (χ1) is 10.3. The summed E-state index contributed by atoms with van der Waals surface area (Å²) in [6, 6.07) is 7.21. The van der Waals surface area contributed by atoms with Gasteiger partial charge in [0, 0.05) is 40.8 Å². The van der Waals surface area contributed by atoms with Gasteiger partial charge in [-0.3, -0.25) is 9.57 Å². The van der Waals surface area contributed by atoms with Crippen LogP contribution in [0, 0.1) is 4.78 Å². The van der Waals surface area contributed by atoms with E-state index in [9.17, 15) is 9.00 Å². The first-order valence-corrected chi connectivity index (χ1v) is 9.49. The summed E-state index contributed by atoms with van der Waals surface area (Å²) in [6.45, 7) is 0.768. The molecule has 2 heterocycles. The van der Waals surface area contributed by atoms with Crippen LogP contribution >= 0.6 is 15.9 Å². The molecule has 0 bridgehead atoms. The molecule has 1 fully saturated rings. The van der Waals surface area contributed by atoms with Crippen LogP contribution in [0.3, 0.4) is 0 Å². The molecule has 8 heteroatoms. The lowest BCUT2D eigenvalue weighted by atomic mass is 10.1. The number of amides is 1. The van der Waals surface area contributed by atoms with Crippen molar-refractivity contribution in [1.82, 2.24) is 14.7 Å². The molecule has 1 unspecified atom stereocenters. The number of nitrogens with one attached hydrogen (secondary N) is 1. The molecular formula is C14H15BrN4O2S. The van der Waals surface area contributed by atoms with Gasteiger partial charge in [-0.05, 0) is 34.1 Å². The largest absolute Gasteiger partial charge is 0.336 e. The molecule has 1 saturated heterocycles. The minimum atomic E-state index is -2.58. The normalized spacial score (nSPS) is 17.8. The van der Waals surface area contributed by atoms with E-state index in [-0.39, 0.29) is 11.2 Å². The molecule has 1 aromatic carbocycles. The van der Waals surface area contributed by atoms with Gasteiger partial charge in [-0.2, -0.15) is 5.10 Å². The highest BCUT2D eigenvalue weighted by molar-refractivity contribution is 9.10. The molecule has 1 aliphatic rings. The number of halogens is 1. The Hall–Kier alpha value is -1.67. The van der Waals surface area contributed by atoms with Crippen LogP contribution in [-0.4, -0.2) is 49.4 Å². The molecule has 3 rings (SSSR count). The van der Waals surface area contributed by atoms with E-state index in [1.54, 1.807) is 27.9 Å². The summed E-state index contributed by atoms with van der Waals surface area (Å²) in [5, 5.41) is 3.97. The second kappa shape index (κ2) is 5.51. The van der Waals surface area contributed by atoms with Crippen molar-refractivity contribution in [3.63, 3.8) is 0 Å². The van der Waals surface area contributed by atoms with Gasteiger partial charge in [-0.15, -0.1) is 0 Å². The van der Waals surface area contributed by atoms with Crippen molar-refractivity contribution in [2.45, 2.75) is 5.25 Å². The average Bonchev–Trinajstić information content (AvgIpc) is 2.82. The van der Waals surface area contributed by atoms with E-state index in [0.29, 0.717) is 18.7 Å². The van der Waals surface area contributed by atoms with Crippen LogP contribution in [-0.2, 0) is 9.73 Å². The first-order valence-electron chi connectivity index (χ1n) is 6.67. The van der Waals surface area contributed by atoms with Crippen LogP contribution in [0.1, 0.15) is 10.4 Å². The van der Waals surface area contributed by atoms with Crippen molar-refractivity contribution in [2.75, 3.05) is 19.3 Å². The topological polar surface area (TPSA) is 79.0 Å². The van der Waals surface area contributed by atoms with E-state index in [2.05, 4.69) is 21.0 Å². The molecule has 0 spiro atoms. The second-order valence-electron chi connectivity index (χ2n) is 5.39. The van der Waals surface area contributed by atoms with Crippen molar-refractivity contribution >= 4 is 31.6 Å². The third-order valence-corrected chi connectivity index (χ3v) is 5.66. The highest BCUT2D eigenvalue weighted by Crippen LogP contribution is 2.20. The van der Waals surface area contributed by atoms with Crippen LogP contribution in [0.4, 0.5) is 0 Å². The zero-order chi connectivity index (χ0) is 15.9. The Morgan fingerprint density at radius 2 is 2.18 bits per heavy atom. The average molecular weight is 383 g/mol. The van der Waals surface area contributed by atoms with E-state index in [0.717, 1.165) is 10.2 Å². The minimum absolute atomic E-state index is 0.104. The number of carbonyl (C=O) groups excluding carboxylic acids is 1. The number of nitrogens with zero attached hydrogens (tertiary/aromatic N) is 3. The lowest BCUT2D eigenvalue weighted by Crippen LogP contribution is -2.56. The maximum absolute atomic E-state index is 12.4. The van der Waals surface area contributed by atoms with E-state index in [4.69, 9.17) is 4.78 Å². The third-order valence-electron chi connectivity index (χ3n) is 3.68. The summed E-state index contributed by atoms with van der Waals surface area (Å²) in [4.78, 5) is 14.0. The van der Waals surface area contributed by atoms with E-state index >= 15 is 0 Å². The maximum Gasteiger partial charge on any atom is 0.254 e. The Kier molecular flexibility index (Phi) is 3.82. The molecule has 116 valence electrons. The Bertz CT molecular complexity index is 825. The summed E-state index contributed by atoms with van der Waals surface area (Å²) in [5.74, 6) is -0.104. The van der Waals surface area contributed by atoms with Gasteiger partial charge in [0.2, 0.25) is 0 Å². The number of likely N-dealkylation sites (tertiary alicyclic amines) is 1. The number of benzene rings is 1. The molecular weight excluding hydrogens is 368 g/mol. The van der Waals surface area contributed by atoms with E-state index < -0.39 is 9.73 Å². The Morgan fingerprint density at radius 1 is 1.45 bits per heavy atom. The Morgan fingerprint density at radius 3 is 2.77 bits per heavy atom. The van der Waals surface area contributed by atoms with Crippen molar-refractivity contribution in [1.29, 1.82) is 4.78 Å². The SMILES string of the molecule is CS(=N)(=O)C1CN(C(=O)c2cccc(-n3cc(Br)cn3)c2)C1. The first kappa shape index (κ1) is 15.2. The predicted molar refractivity (Wildman–Crippen MR) is 87.7 cm³/mol. The van der Waals surface area contributed by atoms with Crippen LogP contribution < -0.4 is 0 Å². The smallest absolute Gasteiger partial charge is 0.254 e. The molecule has 1 N–H and O–H groups in total. The quantitative estimate of drug-likeness (QED) is 0.882. The highest BCUT2D eigenvalue weighted by Gasteiger charge is 2.35. The number of rotatable bonds is 3. The zero-order valence-corrected chi connectivity index (χ0v) is 14.3. The lowest BCUT2D eigenvalue weighted by Gasteiger charge is -2.39. The Balaban J connectivity index is 1.77. The summed E-state index contributed by atoms with van der Waals surface area (Å²) >= 11 is 3.34. The molecule has 1 atom stereocenters. The maximum atomic E-state index is 12.4. The van der Waals surface area contributed by atoms with Gasteiger partial charge in [0.25, 0.3) is 5.91 Å². The number of hydrogen-bond donors (Lipinski definition) is 1. The molecule has 22 heavy (non-hydrogen) atoms. The summed E-state index contributed by atoms with van der Waals surface area (Å²) < 4.78 is 21.7.